The lowest BCUT2D eigenvalue weighted by molar-refractivity contribution is 0.0997. The summed E-state index contributed by atoms with van der Waals surface area (Å²) in [5.74, 6) is 0.346. The molecule has 0 aliphatic rings. The van der Waals surface area contributed by atoms with Crippen molar-refractivity contribution in [1.29, 1.82) is 0 Å². The number of alkyl halides is 1. The normalized spacial score (nSPS) is 9.69. The van der Waals surface area contributed by atoms with Gasteiger partial charge in [-0.25, -0.2) is 0 Å². The van der Waals surface area contributed by atoms with E-state index in [0.717, 1.165) is 5.56 Å². The van der Waals surface area contributed by atoms with Gasteiger partial charge in [-0.2, -0.15) is 0 Å². The molecule has 0 radical (unpaired) electrons. The fraction of sp³-hybridized carbons (Fsp3) is 0.222. The summed E-state index contributed by atoms with van der Waals surface area (Å²) in [4.78, 5) is 10.9. The zero-order valence-electron chi connectivity index (χ0n) is 7.21. The highest BCUT2D eigenvalue weighted by atomic mass is 35.5. The van der Waals surface area contributed by atoms with Crippen molar-refractivity contribution in [3.05, 3.63) is 29.3 Å². The third-order valence-electron chi connectivity index (χ3n) is 1.69. The number of nitrogens with two attached hydrogens (primary N) is 1. The number of carbonyl (C=O) groups is 1. The SMILES string of the molecule is COc1cc(CCl)ccc1C(N)=O. The van der Waals surface area contributed by atoms with Gasteiger partial charge in [0.1, 0.15) is 5.75 Å². The van der Waals surface area contributed by atoms with E-state index in [0.29, 0.717) is 17.2 Å². The van der Waals surface area contributed by atoms with Crippen molar-refractivity contribution in [2.24, 2.45) is 5.73 Å². The molecular weight excluding hydrogens is 190 g/mol. The second kappa shape index (κ2) is 4.14. The second-order valence-electron chi connectivity index (χ2n) is 2.53. The van der Waals surface area contributed by atoms with Crippen molar-refractivity contribution in [1.82, 2.24) is 0 Å². The van der Waals surface area contributed by atoms with Crippen molar-refractivity contribution < 1.29 is 9.53 Å². The predicted molar refractivity (Wildman–Crippen MR) is 51.1 cm³/mol. The Morgan fingerprint density at radius 1 is 1.62 bits per heavy atom. The molecule has 1 aromatic rings. The van der Waals surface area contributed by atoms with Crippen LogP contribution < -0.4 is 10.5 Å². The molecule has 4 heteroatoms. The van der Waals surface area contributed by atoms with Crippen LogP contribution in [0.2, 0.25) is 0 Å². The summed E-state index contributed by atoms with van der Waals surface area (Å²) in [6.07, 6.45) is 0. The van der Waals surface area contributed by atoms with Crippen molar-refractivity contribution in [3.8, 4) is 5.75 Å². The first-order valence-corrected chi connectivity index (χ1v) is 4.25. The van der Waals surface area contributed by atoms with Crippen LogP contribution in [0.4, 0.5) is 0 Å². The number of benzene rings is 1. The van der Waals surface area contributed by atoms with Crippen molar-refractivity contribution in [2.75, 3.05) is 7.11 Å². The van der Waals surface area contributed by atoms with E-state index in [1.807, 2.05) is 0 Å². The molecule has 1 amide bonds. The molecule has 1 aromatic carbocycles. The van der Waals surface area contributed by atoms with E-state index in [4.69, 9.17) is 22.1 Å². The quantitative estimate of drug-likeness (QED) is 0.751. The number of hydrogen-bond donors (Lipinski definition) is 1. The Hall–Kier alpha value is -1.22. The Morgan fingerprint density at radius 3 is 2.77 bits per heavy atom. The summed E-state index contributed by atoms with van der Waals surface area (Å²) in [6, 6.07) is 5.06. The maximum Gasteiger partial charge on any atom is 0.252 e. The minimum absolute atomic E-state index is 0.372. The molecule has 0 atom stereocenters. The molecule has 0 saturated carbocycles. The molecule has 70 valence electrons. The van der Waals surface area contributed by atoms with E-state index >= 15 is 0 Å². The minimum atomic E-state index is -0.502. The molecule has 0 fully saturated rings. The van der Waals surface area contributed by atoms with Gasteiger partial charge in [0.2, 0.25) is 0 Å². The number of ether oxygens (including phenoxy) is 1. The van der Waals surface area contributed by atoms with E-state index in [-0.39, 0.29) is 0 Å². The van der Waals surface area contributed by atoms with Crippen LogP contribution in [0.15, 0.2) is 18.2 Å². The predicted octanol–water partition coefficient (Wildman–Crippen LogP) is 1.53. The van der Waals surface area contributed by atoms with Gasteiger partial charge in [-0.05, 0) is 17.7 Å². The number of rotatable bonds is 3. The summed E-state index contributed by atoms with van der Waals surface area (Å²) >= 11 is 5.62. The highest BCUT2D eigenvalue weighted by molar-refractivity contribution is 6.17. The highest BCUT2D eigenvalue weighted by Gasteiger charge is 2.08. The fourth-order valence-corrected chi connectivity index (χ4v) is 1.19. The molecule has 0 aliphatic carbocycles. The Balaban J connectivity index is 3.15. The monoisotopic (exact) mass is 199 g/mol. The average Bonchev–Trinajstić information content (AvgIpc) is 2.16. The van der Waals surface area contributed by atoms with Gasteiger partial charge in [-0.15, -0.1) is 11.6 Å². The Kier molecular flexibility index (Phi) is 3.14. The molecule has 2 N–H and O–H groups in total. The molecule has 0 heterocycles. The molecule has 3 nitrogen and oxygen atoms in total. The van der Waals surface area contributed by atoms with Crippen molar-refractivity contribution in [3.63, 3.8) is 0 Å². The Bertz CT molecular complexity index is 325. The number of hydrogen-bond acceptors (Lipinski definition) is 2. The minimum Gasteiger partial charge on any atom is -0.496 e. The number of primary amides is 1. The van der Waals surface area contributed by atoms with Gasteiger partial charge in [0.25, 0.3) is 5.91 Å². The standard InChI is InChI=1S/C9H10ClNO2/c1-13-8-4-6(5-10)2-3-7(8)9(11)12/h2-4H,5H2,1H3,(H2,11,12). The number of halogens is 1. The van der Waals surface area contributed by atoms with Crippen LogP contribution >= 0.6 is 11.6 Å². The van der Waals surface area contributed by atoms with E-state index in [2.05, 4.69) is 0 Å². The lowest BCUT2D eigenvalue weighted by atomic mass is 10.1. The van der Waals surface area contributed by atoms with E-state index < -0.39 is 5.91 Å². The summed E-state index contributed by atoms with van der Waals surface area (Å²) in [5, 5.41) is 0. The third-order valence-corrected chi connectivity index (χ3v) is 1.99. The lowest BCUT2D eigenvalue weighted by Crippen LogP contribution is -2.12. The van der Waals surface area contributed by atoms with Gasteiger partial charge >= 0.3 is 0 Å². The molecular formula is C9H10ClNO2. The van der Waals surface area contributed by atoms with Crippen LogP contribution in [0.25, 0.3) is 0 Å². The first-order chi connectivity index (χ1) is 6.19. The summed E-state index contributed by atoms with van der Waals surface area (Å²) in [6.45, 7) is 0. The van der Waals surface area contributed by atoms with Crippen LogP contribution in [-0.2, 0) is 5.88 Å². The maximum atomic E-state index is 10.9. The molecule has 0 aliphatic heterocycles. The van der Waals surface area contributed by atoms with Gasteiger partial charge in [0.15, 0.2) is 0 Å². The maximum absolute atomic E-state index is 10.9. The smallest absolute Gasteiger partial charge is 0.252 e. The van der Waals surface area contributed by atoms with Gasteiger partial charge in [-0.1, -0.05) is 6.07 Å². The van der Waals surface area contributed by atoms with Crippen LogP contribution in [0, 0.1) is 0 Å². The molecule has 0 bridgehead atoms. The molecule has 0 unspecified atom stereocenters. The third kappa shape index (κ3) is 2.12. The molecule has 0 saturated heterocycles. The number of carbonyl (C=O) groups excluding carboxylic acids is 1. The van der Waals surface area contributed by atoms with Crippen molar-refractivity contribution >= 4 is 17.5 Å². The zero-order valence-corrected chi connectivity index (χ0v) is 7.97. The van der Waals surface area contributed by atoms with E-state index in [9.17, 15) is 4.79 Å². The summed E-state index contributed by atoms with van der Waals surface area (Å²) in [7, 11) is 1.49. The first kappa shape index (κ1) is 9.86. The number of methoxy groups -OCH3 is 1. The summed E-state index contributed by atoms with van der Waals surface area (Å²) in [5.41, 5.74) is 6.39. The molecule has 0 aromatic heterocycles. The van der Waals surface area contributed by atoms with Crippen LogP contribution in [0.3, 0.4) is 0 Å². The van der Waals surface area contributed by atoms with Crippen molar-refractivity contribution in [2.45, 2.75) is 5.88 Å². The van der Waals surface area contributed by atoms with Gasteiger partial charge < -0.3 is 10.5 Å². The molecule has 0 spiro atoms. The van der Waals surface area contributed by atoms with E-state index in [1.54, 1.807) is 18.2 Å². The number of amides is 1. The largest absolute Gasteiger partial charge is 0.496 e. The Labute approximate surface area is 81.4 Å². The van der Waals surface area contributed by atoms with Gasteiger partial charge in [0, 0.05) is 5.88 Å². The molecule has 1 rings (SSSR count). The first-order valence-electron chi connectivity index (χ1n) is 3.71. The van der Waals surface area contributed by atoms with Gasteiger partial charge in [0.05, 0.1) is 12.7 Å². The lowest BCUT2D eigenvalue weighted by Gasteiger charge is -2.06. The summed E-state index contributed by atoms with van der Waals surface area (Å²) < 4.78 is 4.99. The zero-order chi connectivity index (χ0) is 9.84. The van der Waals surface area contributed by atoms with Crippen LogP contribution in [0.1, 0.15) is 15.9 Å². The van der Waals surface area contributed by atoms with E-state index in [1.165, 1.54) is 7.11 Å². The highest BCUT2D eigenvalue weighted by Crippen LogP contribution is 2.20. The Morgan fingerprint density at radius 2 is 2.31 bits per heavy atom. The van der Waals surface area contributed by atoms with Gasteiger partial charge in [-0.3, -0.25) is 4.79 Å². The second-order valence-corrected chi connectivity index (χ2v) is 2.80. The van der Waals surface area contributed by atoms with Crippen LogP contribution in [-0.4, -0.2) is 13.0 Å². The topological polar surface area (TPSA) is 52.3 Å². The molecule has 13 heavy (non-hydrogen) atoms. The average molecular weight is 200 g/mol. The van der Waals surface area contributed by atoms with Crippen LogP contribution in [0.5, 0.6) is 5.75 Å². The fourth-order valence-electron chi connectivity index (χ4n) is 1.02.